The molecule has 0 fully saturated rings. The van der Waals surface area contributed by atoms with Crippen LogP contribution in [0.1, 0.15) is 191 Å². The van der Waals surface area contributed by atoms with Crippen molar-refractivity contribution < 1.29 is 0 Å². The Kier molecular flexibility index (Phi) is 13.6. The molecule has 2 aliphatic carbocycles. The lowest BCUT2D eigenvalue weighted by atomic mass is 9.43. The van der Waals surface area contributed by atoms with Crippen LogP contribution in [0.3, 0.4) is 0 Å². The van der Waals surface area contributed by atoms with Crippen LogP contribution in [0.5, 0.6) is 0 Å². The molecule has 446 valence electrons. The molecular formula is C86H89BN2. The first-order valence-electron chi connectivity index (χ1n) is 33.0. The second-order valence-electron chi connectivity index (χ2n) is 32.1. The smallest absolute Gasteiger partial charge is 0.333 e. The summed E-state index contributed by atoms with van der Waals surface area (Å²) in [6, 6.07) is 81.5. The fraction of sp³-hybridized carbons (Fsp3) is 0.302. The van der Waals surface area contributed by atoms with E-state index in [1.54, 1.807) is 0 Å². The molecule has 0 unspecified atom stereocenters. The van der Waals surface area contributed by atoms with E-state index in [1.165, 1.54) is 158 Å². The zero-order valence-corrected chi connectivity index (χ0v) is 55.8. The van der Waals surface area contributed by atoms with E-state index in [0.717, 1.165) is 6.42 Å². The van der Waals surface area contributed by atoms with Crippen LogP contribution in [-0.4, -0.2) is 6.85 Å². The van der Waals surface area contributed by atoms with E-state index in [2.05, 4.69) is 327 Å². The van der Waals surface area contributed by atoms with E-state index >= 15 is 0 Å². The molecule has 0 saturated carbocycles. The van der Waals surface area contributed by atoms with Crippen molar-refractivity contribution in [1.29, 1.82) is 0 Å². The van der Waals surface area contributed by atoms with E-state index < -0.39 is 0 Å². The standard InChI is InChI=1S/C86H89BN2/c1-81(2,3)62-33-27-56(28-34-62)77(57-29-35-63(36-30-57)82(4,5)6)59-32-43-73-75(50-59)88(74-44-39-65(84(10,11)12)52-68(74)55-25-21-18-22-26-55)76-51-60(54-23-19-17-20-24-54)48-70-67-42-31-58-47-61-49-71-72(86(15,16)46-45-85(71,13)14)53-69(61)78(58)80(67)89(87(73)79(70)76)66-40-37-64(38-41-66)83(7,8)9/h17-44,48-53,77H,45-47H2,1-16H3. The number of benzene rings is 10. The van der Waals surface area contributed by atoms with Crippen LogP contribution >= 0.6 is 0 Å². The summed E-state index contributed by atoms with van der Waals surface area (Å²) >= 11 is 0. The van der Waals surface area contributed by atoms with Crippen molar-refractivity contribution in [1.82, 2.24) is 0 Å². The molecule has 0 radical (unpaired) electrons. The lowest BCUT2D eigenvalue weighted by Gasteiger charge is -2.47. The fourth-order valence-corrected chi connectivity index (χ4v) is 15.4. The molecule has 3 heteroatoms. The second kappa shape index (κ2) is 20.7. The van der Waals surface area contributed by atoms with Crippen LogP contribution in [0.25, 0.3) is 44.5 Å². The van der Waals surface area contributed by atoms with Crippen LogP contribution in [0.4, 0.5) is 28.4 Å². The highest BCUT2D eigenvalue weighted by atomic mass is 15.2. The minimum Gasteiger partial charge on any atom is -0.376 e. The highest BCUT2D eigenvalue weighted by Crippen LogP contribution is 2.58. The lowest BCUT2D eigenvalue weighted by molar-refractivity contribution is 0.332. The average molecular weight is 1160 g/mol. The quantitative estimate of drug-likeness (QED) is 0.116. The summed E-state index contributed by atoms with van der Waals surface area (Å²) in [5.74, 6) is -0.0530. The van der Waals surface area contributed by atoms with Crippen molar-refractivity contribution in [3.05, 3.63) is 267 Å². The van der Waals surface area contributed by atoms with Gasteiger partial charge in [-0.2, -0.15) is 0 Å². The number of hydrogen-bond acceptors (Lipinski definition) is 2. The number of fused-ring (bicyclic) bond motifs is 9. The predicted molar refractivity (Wildman–Crippen MR) is 383 cm³/mol. The minimum atomic E-state index is -0.203. The van der Waals surface area contributed by atoms with Gasteiger partial charge in [-0.3, -0.25) is 0 Å². The largest absolute Gasteiger partial charge is 0.376 e. The zero-order chi connectivity index (χ0) is 62.5. The zero-order valence-electron chi connectivity index (χ0n) is 55.8. The molecule has 0 spiro atoms. The molecule has 2 heterocycles. The van der Waals surface area contributed by atoms with Gasteiger partial charge in [-0.05, 0) is 200 Å². The number of nitrogens with zero attached hydrogens (tertiary/aromatic N) is 2. The van der Waals surface area contributed by atoms with Gasteiger partial charge in [-0.15, -0.1) is 0 Å². The van der Waals surface area contributed by atoms with Gasteiger partial charge >= 0.3 is 6.85 Å². The molecule has 14 rings (SSSR count). The number of anilines is 5. The van der Waals surface area contributed by atoms with Crippen LogP contribution in [0.15, 0.2) is 206 Å². The molecular weight excluding hydrogens is 1070 g/mol. The van der Waals surface area contributed by atoms with E-state index in [0.29, 0.717) is 0 Å². The Balaban J connectivity index is 1.12. The van der Waals surface area contributed by atoms with Gasteiger partial charge in [0.2, 0.25) is 0 Å². The maximum absolute atomic E-state index is 2.81. The monoisotopic (exact) mass is 1160 g/mol. The highest BCUT2D eigenvalue weighted by molar-refractivity contribution is 6.93. The third-order valence-corrected chi connectivity index (χ3v) is 20.9. The van der Waals surface area contributed by atoms with Gasteiger partial charge < -0.3 is 9.71 Å². The molecule has 10 aromatic carbocycles. The highest BCUT2D eigenvalue weighted by Gasteiger charge is 2.48. The van der Waals surface area contributed by atoms with Crippen molar-refractivity contribution >= 4 is 46.2 Å². The van der Waals surface area contributed by atoms with Crippen molar-refractivity contribution in [3.8, 4) is 44.5 Å². The van der Waals surface area contributed by atoms with Crippen LogP contribution < -0.4 is 20.6 Å². The van der Waals surface area contributed by atoms with Crippen molar-refractivity contribution in [2.24, 2.45) is 0 Å². The summed E-state index contributed by atoms with van der Waals surface area (Å²) in [5.41, 5.74) is 34.0. The number of hydrogen-bond donors (Lipinski definition) is 0. The van der Waals surface area contributed by atoms with E-state index in [1.807, 2.05) is 0 Å². The molecule has 89 heavy (non-hydrogen) atoms. The normalized spacial score (nSPS) is 15.5. The molecule has 0 saturated heterocycles. The SMILES string of the molecule is CC(C)(C)c1ccc(C(c2ccc(C(C)(C)C)cc2)c2ccc3c(c2)N(c2ccc(C(C)(C)C)cc2-c2ccccc2)c2cc(-c4ccccc4)cc4c2B3N(c2ccc(C(C)(C)C)cc2)c2c-4ccc3c2-c2cc4c(cc2C3)C(C)(C)CCC4(C)C)cc1. The molecule has 0 bridgehead atoms. The lowest BCUT2D eigenvalue weighted by Crippen LogP contribution is -2.61. The predicted octanol–water partition coefficient (Wildman–Crippen LogP) is 22.0. The summed E-state index contributed by atoms with van der Waals surface area (Å²) < 4.78 is 0. The van der Waals surface area contributed by atoms with Gasteiger partial charge in [-0.1, -0.05) is 269 Å². The molecule has 10 aromatic rings. The minimum absolute atomic E-state index is 0.0180. The first-order valence-corrected chi connectivity index (χ1v) is 33.0. The summed E-state index contributed by atoms with van der Waals surface area (Å²) in [5, 5.41) is 0. The van der Waals surface area contributed by atoms with Crippen molar-refractivity contribution in [2.45, 2.75) is 168 Å². The van der Waals surface area contributed by atoms with Crippen LogP contribution in [-0.2, 0) is 38.9 Å². The summed E-state index contributed by atoms with van der Waals surface area (Å²) in [6.45, 7) is 37.7. The van der Waals surface area contributed by atoms with Crippen molar-refractivity contribution in [2.75, 3.05) is 9.71 Å². The molecule has 4 aliphatic rings. The molecule has 0 atom stereocenters. The van der Waals surface area contributed by atoms with E-state index in [-0.39, 0.29) is 45.3 Å². The Morgan fingerprint density at radius 2 is 0.899 bits per heavy atom. The van der Waals surface area contributed by atoms with Gasteiger partial charge in [0.05, 0.1) is 5.69 Å². The topological polar surface area (TPSA) is 6.48 Å². The maximum atomic E-state index is 2.81. The Hall–Kier alpha value is -8.14. The first kappa shape index (κ1) is 58.5. The summed E-state index contributed by atoms with van der Waals surface area (Å²) in [4.78, 5) is 5.51. The van der Waals surface area contributed by atoms with E-state index in [4.69, 9.17) is 0 Å². The molecule has 0 N–H and O–H groups in total. The Morgan fingerprint density at radius 1 is 0.382 bits per heavy atom. The first-order chi connectivity index (χ1) is 42.1. The van der Waals surface area contributed by atoms with Gasteiger partial charge in [0.25, 0.3) is 0 Å². The van der Waals surface area contributed by atoms with Gasteiger partial charge in [0.15, 0.2) is 0 Å². The molecule has 2 aliphatic heterocycles. The van der Waals surface area contributed by atoms with Crippen molar-refractivity contribution in [3.63, 3.8) is 0 Å². The second-order valence-corrected chi connectivity index (χ2v) is 32.1. The third-order valence-electron chi connectivity index (χ3n) is 20.9. The maximum Gasteiger partial charge on any atom is 0.333 e. The number of rotatable bonds is 7. The van der Waals surface area contributed by atoms with Crippen LogP contribution in [0.2, 0.25) is 0 Å². The van der Waals surface area contributed by atoms with Gasteiger partial charge in [0, 0.05) is 45.4 Å². The molecule has 0 amide bonds. The van der Waals surface area contributed by atoms with E-state index in [9.17, 15) is 0 Å². The Labute approximate surface area is 533 Å². The third kappa shape index (κ3) is 10.0. The molecule has 0 aromatic heterocycles. The summed E-state index contributed by atoms with van der Waals surface area (Å²) in [7, 11) is 0. The Morgan fingerprint density at radius 3 is 1.46 bits per heavy atom. The van der Waals surface area contributed by atoms with Crippen LogP contribution in [0, 0.1) is 0 Å². The average Bonchev–Trinajstić information content (AvgIpc) is 1.58. The van der Waals surface area contributed by atoms with Gasteiger partial charge in [0.1, 0.15) is 0 Å². The fourth-order valence-electron chi connectivity index (χ4n) is 15.4. The Bertz CT molecular complexity index is 4340. The van der Waals surface area contributed by atoms with Gasteiger partial charge in [-0.25, -0.2) is 0 Å². The molecule has 2 nitrogen and oxygen atoms in total. The summed E-state index contributed by atoms with van der Waals surface area (Å²) in [6.07, 6.45) is 3.28.